The number of hydrogen-bond donors (Lipinski definition) is 3. The second kappa shape index (κ2) is 6.65. The van der Waals surface area contributed by atoms with Gasteiger partial charge in [0.15, 0.2) is 0 Å². The predicted octanol–water partition coefficient (Wildman–Crippen LogP) is 1.85. The fourth-order valence-corrected chi connectivity index (χ4v) is 1.81. The summed E-state index contributed by atoms with van der Waals surface area (Å²) in [6, 6.07) is 0. The van der Waals surface area contributed by atoms with Crippen molar-refractivity contribution >= 4 is 27.6 Å². The van der Waals surface area contributed by atoms with Crippen molar-refractivity contribution in [2.75, 3.05) is 24.2 Å². The van der Waals surface area contributed by atoms with Crippen LogP contribution in [-0.2, 0) is 0 Å². The molecule has 0 aromatic carbocycles. The molecule has 0 saturated heterocycles. The van der Waals surface area contributed by atoms with Crippen molar-refractivity contribution < 1.29 is 5.11 Å². The van der Waals surface area contributed by atoms with Gasteiger partial charge >= 0.3 is 0 Å². The van der Waals surface area contributed by atoms with E-state index in [9.17, 15) is 0 Å². The summed E-state index contributed by atoms with van der Waals surface area (Å²) in [5.41, 5.74) is 0. The SMILES string of the molecule is CNc1ncnc(NCCCC(C)O)c1Br. The Kier molecular flexibility index (Phi) is 5.48. The van der Waals surface area contributed by atoms with Crippen molar-refractivity contribution in [1.82, 2.24) is 9.97 Å². The zero-order valence-corrected chi connectivity index (χ0v) is 11.1. The Hall–Kier alpha value is -0.880. The Labute approximate surface area is 104 Å². The van der Waals surface area contributed by atoms with E-state index in [2.05, 4.69) is 36.5 Å². The summed E-state index contributed by atoms with van der Waals surface area (Å²) in [5, 5.41) is 15.3. The highest BCUT2D eigenvalue weighted by Gasteiger charge is 2.06. The van der Waals surface area contributed by atoms with Gasteiger partial charge in [-0.15, -0.1) is 0 Å². The third kappa shape index (κ3) is 3.94. The molecular weight excluding hydrogens is 272 g/mol. The molecule has 3 N–H and O–H groups in total. The summed E-state index contributed by atoms with van der Waals surface area (Å²) in [6.45, 7) is 2.57. The van der Waals surface area contributed by atoms with Crippen LogP contribution in [0.3, 0.4) is 0 Å². The number of rotatable bonds is 6. The molecule has 1 unspecified atom stereocenters. The maximum Gasteiger partial charge on any atom is 0.145 e. The van der Waals surface area contributed by atoms with Crippen molar-refractivity contribution in [1.29, 1.82) is 0 Å². The van der Waals surface area contributed by atoms with Crippen molar-refractivity contribution in [2.45, 2.75) is 25.9 Å². The Morgan fingerprint density at radius 1 is 1.44 bits per heavy atom. The molecule has 5 nitrogen and oxygen atoms in total. The lowest BCUT2D eigenvalue weighted by atomic mass is 10.2. The van der Waals surface area contributed by atoms with E-state index in [0.29, 0.717) is 0 Å². The minimum Gasteiger partial charge on any atom is -0.393 e. The molecule has 0 fully saturated rings. The largest absolute Gasteiger partial charge is 0.393 e. The van der Waals surface area contributed by atoms with Crippen molar-refractivity contribution in [2.24, 2.45) is 0 Å². The summed E-state index contributed by atoms with van der Waals surface area (Å²) in [7, 11) is 1.81. The maximum absolute atomic E-state index is 9.11. The van der Waals surface area contributed by atoms with Gasteiger partial charge in [0, 0.05) is 13.6 Å². The van der Waals surface area contributed by atoms with Crippen LogP contribution >= 0.6 is 15.9 Å². The van der Waals surface area contributed by atoms with Crippen molar-refractivity contribution in [3.8, 4) is 0 Å². The molecule has 0 aliphatic heterocycles. The standard InChI is InChI=1S/C10H17BrN4O/c1-7(16)4-3-5-13-10-8(11)9(12-2)14-6-15-10/h6-7,16H,3-5H2,1-2H3,(H2,12,13,14,15). The maximum atomic E-state index is 9.11. The zero-order chi connectivity index (χ0) is 12.0. The molecule has 16 heavy (non-hydrogen) atoms. The molecule has 0 aliphatic carbocycles. The van der Waals surface area contributed by atoms with Crippen LogP contribution in [0.25, 0.3) is 0 Å². The molecule has 0 spiro atoms. The number of aliphatic hydroxyl groups is 1. The highest BCUT2D eigenvalue weighted by Crippen LogP contribution is 2.25. The van der Waals surface area contributed by atoms with Crippen LogP contribution in [0, 0.1) is 0 Å². The van der Waals surface area contributed by atoms with E-state index in [-0.39, 0.29) is 6.10 Å². The van der Waals surface area contributed by atoms with Gasteiger partial charge in [-0.25, -0.2) is 9.97 Å². The van der Waals surface area contributed by atoms with Gasteiger partial charge in [-0.1, -0.05) is 0 Å². The number of nitrogens with one attached hydrogen (secondary N) is 2. The molecule has 6 heteroatoms. The van der Waals surface area contributed by atoms with E-state index in [1.807, 2.05) is 7.05 Å². The highest BCUT2D eigenvalue weighted by molar-refractivity contribution is 9.10. The molecular formula is C10H17BrN4O. The van der Waals surface area contributed by atoms with Gasteiger partial charge in [-0.05, 0) is 35.7 Å². The van der Waals surface area contributed by atoms with Crippen molar-refractivity contribution in [3.63, 3.8) is 0 Å². The van der Waals surface area contributed by atoms with Gasteiger partial charge in [0.2, 0.25) is 0 Å². The van der Waals surface area contributed by atoms with Crippen LogP contribution in [0.2, 0.25) is 0 Å². The Bertz CT molecular complexity index is 333. The molecule has 0 saturated carbocycles. The van der Waals surface area contributed by atoms with E-state index >= 15 is 0 Å². The minimum absolute atomic E-state index is 0.247. The highest BCUT2D eigenvalue weighted by atomic mass is 79.9. The van der Waals surface area contributed by atoms with Crippen LogP contribution in [0.15, 0.2) is 10.8 Å². The number of hydrogen-bond acceptors (Lipinski definition) is 5. The topological polar surface area (TPSA) is 70.1 Å². The molecule has 1 heterocycles. The summed E-state index contributed by atoms with van der Waals surface area (Å²) in [5.74, 6) is 1.53. The fourth-order valence-electron chi connectivity index (χ4n) is 1.27. The molecule has 0 amide bonds. The van der Waals surface area contributed by atoms with E-state index in [1.54, 1.807) is 6.92 Å². The monoisotopic (exact) mass is 288 g/mol. The zero-order valence-electron chi connectivity index (χ0n) is 9.50. The Morgan fingerprint density at radius 2 is 2.12 bits per heavy atom. The van der Waals surface area contributed by atoms with Gasteiger partial charge in [0.25, 0.3) is 0 Å². The van der Waals surface area contributed by atoms with E-state index in [1.165, 1.54) is 6.33 Å². The van der Waals surface area contributed by atoms with Gasteiger partial charge in [0.1, 0.15) is 22.4 Å². The van der Waals surface area contributed by atoms with Crippen LogP contribution in [-0.4, -0.2) is 34.8 Å². The number of aromatic nitrogens is 2. The van der Waals surface area contributed by atoms with Crippen LogP contribution in [0.1, 0.15) is 19.8 Å². The number of nitrogens with zero attached hydrogens (tertiary/aromatic N) is 2. The van der Waals surface area contributed by atoms with Crippen LogP contribution in [0.4, 0.5) is 11.6 Å². The average Bonchev–Trinajstić information content (AvgIpc) is 2.26. The summed E-state index contributed by atoms with van der Waals surface area (Å²) in [6.07, 6.45) is 2.95. The molecule has 0 bridgehead atoms. The first-order chi connectivity index (χ1) is 7.65. The second-order valence-corrected chi connectivity index (χ2v) is 4.35. The molecule has 1 aromatic heterocycles. The third-order valence-electron chi connectivity index (χ3n) is 2.12. The molecule has 1 rings (SSSR count). The Morgan fingerprint density at radius 3 is 2.75 bits per heavy atom. The lowest BCUT2D eigenvalue weighted by Gasteiger charge is -2.10. The quantitative estimate of drug-likeness (QED) is 0.697. The smallest absolute Gasteiger partial charge is 0.145 e. The lowest BCUT2D eigenvalue weighted by Crippen LogP contribution is -2.09. The molecule has 0 aliphatic rings. The first-order valence-electron chi connectivity index (χ1n) is 5.25. The van der Waals surface area contributed by atoms with E-state index in [0.717, 1.165) is 35.5 Å². The fraction of sp³-hybridized carbons (Fsp3) is 0.600. The molecule has 1 aromatic rings. The van der Waals surface area contributed by atoms with E-state index in [4.69, 9.17) is 5.11 Å². The van der Waals surface area contributed by atoms with Gasteiger partial charge in [-0.2, -0.15) is 0 Å². The second-order valence-electron chi connectivity index (χ2n) is 3.55. The molecule has 1 atom stereocenters. The summed E-state index contributed by atoms with van der Waals surface area (Å²) < 4.78 is 0.828. The summed E-state index contributed by atoms with van der Waals surface area (Å²) >= 11 is 3.42. The first kappa shape index (κ1) is 13.2. The first-order valence-corrected chi connectivity index (χ1v) is 6.04. The van der Waals surface area contributed by atoms with Gasteiger partial charge in [0.05, 0.1) is 6.10 Å². The Balaban J connectivity index is 2.47. The average molecular weight is 289 g/mol. The number of anilines is 2. The van der Waals surface area contributed by atoms with E-state index < -0.39 is 0 Å². The number of aliphatic hydroxyl groups excluding tert-OH is 1. The minimum atomic E-state index is -0.247. The lowest BCUT2D eigenvalue weighted by molar-refractivity contribution is 0.183. The van der Waals surface area contributed by atoms with Crippen LogP contribution < -0.4 is 10.6 Å². The summed E-state index contributed by atoms with van der Waals surface area (Å²) in [4.78, 5) is 8.20. The van der Waals surface area contributed by atoms with Crippen molar-refractivity contribution in [3.05, 3.63) is 10.8 Å². The normalized spacial score (nSPS) is 12.2. The molecule has 90 valence electrons. The number of halogens is 1. The molecule has 0 radical (unpaired) electrons. The predicted molar refractivity (Wildman–Crippen MR) is 68.7 cm³/mol. The van der Waals surface area contributed by atoms with Crippen LogP contribution in [0.5, 0.6) is 0 Å². The van der Waals surface area contributed by atoms with Gasteiger partial charge in [-0.3, -0.25) is 0 Å². The third-order valence-corrected chi connectivity index (χ3v) is 2.87. The van der Waals surface area contributed by atoms with Gasteiger partial charge < -0.3 is 15.7 Å².